The molecule has 0 spiro atoms. The van der Waals surface area contributed by atoms with Crippen LogP contribution in [0.1, 0.15) is 5.82 Å². The van der Waals surface area contributed by atoms with Crippen LogP contribution in [0.15, 0.2) is 30.9 Å². The summed E-state index contributed by atoms with van der Waals surface area (Å²) < 4.78 is 2.62. The maximum absolute atomic E-state index is 11.3. The first-order chi connectivity index (χ1) is 8.59. The average Bonchev–Trinajstić information content (AvgIpc) is 2.73. The van der Waals surface area contributed by atoms with Crippen LogP contribution >= 0.6 is 22.6 Å². The molecule has 2 aromatic rings. The van der Waals surface area contributed by atoms with E-state index in [1.807, 2.05) is 7.05 Å². The second-order valence-electron chi connectivity index (χ2n) is 3.65. The van der Waals surface area contributed by atoms with Crippen molar-refractivity contribution >= 4 is 34.4 Å². The Bertz CT molecular complexity index is 570. The third-order valence-electron chi connectivity index (χ3n) is 2.49. The highest BCUT2D eigenvalue weighted by atomic mass is 127. The highest BCUT2D eigenvalue weighted by Gasteiger charge is 2.19. The van der Waals surface area contributed by atoms with Crippen LogP contribution < -0.4 is 4.90 Å². The zero-order valence-corrected chi connectivity index (χ0v) is 11.8. The van der Waals surface area contributed by atoms with Crippen LogP contribution in [0.5, 0.6) is 0 Å². The van der Waals surface area contributed by atoms with Gasteiger partial charge < -0.3 is 9.67 Å². The van der Waals surface area contributed by atoms with Gasteiger partial charge in [-0.15, -0.1) is 0 Å². The number of nitrogens with zero attached hydrogens (tertiary/aromatic N) is 4. The number of pyridine rings is 1. The van der Waals surface area contributed by atoms with Crippen LogP contribution in [0.2, 0.25) is 0 Å². The summed E-state index contributed by atoms with van der Waals surface area (Å²) in [4.78, 5) is 20.7. The van der Waals surface area contributed by atoms with E-state index in [1.165, 1.54) is 4.90 Å². The fourth-order valence-electron chi connectivity index (χ4n) is 1.51. The summed E-state index contributed by atoms with van der Waals surface area (Å²) in [5, 5.41) is 9.30. The quantitative estimate of drug-likeness (QED) is 0.854. The van der Waals surface area contributed by atoms with Gasteiger partial charge in [0, 0.05) is 29.2 Å². The minimum absolute atomic E-state index is 0.195. The van der Waals surface area contributed by atoms with Crippen molar-refractivity contribution in [3.63, 3.8) is 0 Å². The van der Waals surface area contributed by atoms with Crippen LogP contribution in [0, 0.1) is 3.57 Å². The zero-order chi connectivity index (χ0) is 13.1. The number of carbonyl (C=O) groups is 1. The molecule has 0 bridgehead atoms. The highest BCUT2D eigenvalue weighted by molar-refractivity contribution is 14.1. The van der Waals surface area contributed by atoms with Gasteiger partial charge >= 0.3 is 6.09 Å². The van der Waals surface area contributed by atoms with Crippen molar-refractivity contribution in [3.05, 3.63) is 40.2 Å². The van der Waals surface area contributed by atoms with Gasteiger partial charge in [-0.25, -0.2) is 9.78 Å². The third-order valence-corrected chi connectivity index (χ3v) is 3.40. The standard InChI is InChI=1S/C11H11IN4O2/c1-15-5-4-14-10(15)7-16(11(17)18)9-6-13-3-2-8(9)12/h2-6H,7H2,1H3,(H,17,18). The minimum Gasteiger partial charge on any atom is -0.465 e. The van der Waals surface area contributed by atoms with Crippen LogP contribution in [0.4, 0.5) is 10.5 Å². The molecule has 6 nitrogen and oxygen atoms in total. The molecule has 0 aliphatic carbocycles. The largest absolute Gasteiger partial charge is 0.465 e. The molecule has 1 amide bonds. The molecule has 2 aromatic heterocycles. The number of imidazole rings is 1. The van der Waals surface area contributed by atoms with E-state index in [-0.39, 0.29) is 6.54 Å². The van der Waals surface area contributed by atoms with Crippen molar-refractivity contribution in [2.45, 2.75) is 6.54 Å². The van der Waals surface area contributed by atoms with E-state index in [2.05, 4.69) is 32.6 Å². The van der Waals surface area contributed by atoms with Crippen LogP contribution in [0.3, 0.4) is 0 Å². The third kappa shape index (κ3) is 2.61. The zero-order valence-electron chi connectivity index (χ0n) is 9.62. The molecule has 18 heavy (non-hydrogen) atoms. The molecule has 0 fully saturated rings. The van der Waals surface area contributed by atoms with Gasteiger partial charge in [-0.1, -0.05) is 0 Å². The predicted octanol–water partition coefficient (Wildman–Crippen LogP) is 2.10. The Morgan fingerprint density at radius 1 is 1.56 bits per heavy atom. The van der Waals surface area contributed by atoms with Gasteiger partial charge in [-0.05, 0) is 28.7 Å². The van der Waals surface area contributed by atoms with Crippen molar-refractivity contribution in [2.24, 2.45) is 7.05 Å². The first kappa shape index (κ1) is 12.8. The van der Waals surface area contributed by atoms with Gasteiger partial charge in [-0.3, -0.25) is 9.88 Å². The summed E-state index contributed by atoms with van der Waals surface area (Å²) >= 11 is 2.09. The highest BCUT2D eigenvalue weighted by Crippen LogP contribution is 2.22. The molecule has 0 saturated carbocycles. The number of aromatic nitrogens is 3. The predicted molar refractivity (Wildman–Crippen MR) is 74.4 cm³/mol. The smallest absolute Gasteiger partial charge is 0.412 e. The van der Waals surface area contributed by atoms with Crippen LogP contribution in [-0.2, 0) is 13.6 Å². The van der Waals surface area contributed by atoms with E-state index in [9.17, 15) is 9.90 Å². The van der Waals surface area contributed by atoms with E-state index < -0.39 is 6.09 Å². The fourth-order valence-corrected chi connectivity index (χ4v) is 2.11. The molecule has 1 N–H and O–H groups in total. The molecule has 0 saturated heterocycles. The number of amides is 1. The maximum atomic E-state index is 11.3. The lowest BCUT2D eigenvalue weighted by molar-refractivity contribution is 0.201. The second kappa shape index (κ2) is 5.34. The molecule has 0 atom stereocenters. The Morgan fingerprint density at radius 2 is 2.33 bits per heavy atom. The normalized spacial score (nSPS) is 10.3. The van der Waals surface area contributed by atoms with Gasteiger partial charge in [0.2, 0.25) is 0 Å². The second-order valence-corrected chi connectivity index (χ2v) is 4.81. The molecule has 0 aliphatic heterocycles. The molecule has 2 rings (SSSR count). The van der Waals surface area contributed by atoms with E-state index in [1.54, 1.807) is 35.4 Å². The minimum atomic E-state index is -1.02. The number of hydrogen-bond acceptors (Lipinski definition) is 3. The van der Waals surface area contributed by atoms with Crippen molar-refractivity contribution < 1.29 is 9.90 Å². The Balaban J connectivity index is 2.33. The molecule has 0 unspecified atom stereocenters. The average molecular weight is 358 g/mol. The Hall–Kier alpha value is -1.64. The molecular formula is C11H11IN4O2. The van der Waals surface area contributed by atoms with Crippen LogP contribution in [0.25, 0.3) is 0 Å². The number of hydrogen-bond donors (Lipinski definition) is 1. The van der Waals surface area contributed by atoms with Gasteiger partial charge in [0.25, 0.3) is 0 Å². The van der Waals surface area contributed by atoms with Crippen molar-refractivity contribution in [1.29, 1.82) is 0 Å². The Kier molecular flexibility index (Phi) is 3.80. The van der Waals surface area contributed by atoms with Gasteiger partial charge in [0.1, 0.15) is 5.82 Å². The summed E-state index contributed by atoms with van der Waals surface area (Å²) in [5.41, 5.74) is 0.564. The number of rotatable bonds is 3. The molecular weight excluding hydrogens is 347 g/mol. The maximum Gasteiger partial charge on any atom is 0.412 e. The van der Waals surface area contributed by atoms with Gasteiger partial charge in [0.15, 0.2) is 0 Å². The SMILES string of the molecule is Cn1ccnc1CN(C(=O)O)c1cnccc1I. The van der Waals surface area contributed by atoms with E-state index in [4.69, 9.17) is 0 Å². The summed E-state index contributed by atoms with van der Waals surface area (Å²) in [6.45, 7) is 0.195. The Morgan fingerprint density at radius 3 is 2.89 bits per heavy atom. The number of halogens is 1. The number of aryl methyl sites for hydroxylation is 1. The summed E-state index contributed by atoms with van der Waals surface area (Å²) in [7, 11) is 1.83. The molecule has 0 aromatic carbocycles. The molecule has 7 heteroatoms. The number of carboxylic acid groups (broad SMARTS) is 1. The molecule has 0 aliphatic rings. The molecule has 2 heterocycles. The lowest BCUT2D eigenvalue weighted by Gasteiger charge is -2.19. The monoisotopic (exact) mass is 358 g/mol. The summed E-state index contributed by atoms with van der Waals surface area (Å²) in [5.74, 6) is 0.678. The van der Waals surface area contributed by atoms with Gasteiger partial charge in [-0.2, -0.15) is 0 Å². The van der Waals surface area contributed by atoms with Gasteiger partial charge in [0.05, 0.1) is 18.4 Å². The van der Waals surface area contributed by atoms with Crippen LogP contribution in [-0.4, -0.2) is 25.7 Å². The van der Waals surface area contributed by atoms with Crippen molar-refractivity contribution in [3.8, 4) is 0 Å². The van der Waals surface area contributed by atoms with Crippen molar-refractivity contribution in [2.75, 3.05) is 4.90 Å². The summed E-state index contributed by atoms with van der Waals surface area (Å²) in [6, 6.07) is 1.77. The Labute approximate surface area is 117 Å². The molecule has 0 radical (unpaired) electrons. The van der Waals surface area contributed by atoms with E-state index >= 15 is 0 Å². The lowest BCUT2D eigenvalue weighted by atomic mass is 10.3. The molecule has 94 valence electrons. The van der Waals surface area contributed by atoms with E-state index in [0.29, 0.717) is 11.5 Å². The first-order valence-electron chi connectivity index (χ1n) is 5.15. The first-order valence-corrected chi connectivity index (χ1v) is 6.23. The lowest BCUT2D eigenvalue weighted by Crippen LogP contribution is -2.30. The topological polar surface area (TPSA) is 71.2 Å². The summed E-state index contributed by atoms with van der Waals surface area (Å²) in [6.07, 6.45) is 5.57. The van der Waals surface area contributed by atoms with Crippen molar-refractivity contribution in [1.82, 2.24) is 14.5 Å². The van der Waals surface area contributed by atoms with E-state index in [0.717, 1.165) is 3.57 Å². The fraction of sp³-hybridized carbons (Fsp3) is 0.182. The number of anilines is 1.